The quantitative estimate of drug-likeness (QED) is 0.834. The number of likely N-dealkylation sites (tertiary alicyclic amines) is 1. The Labute approximate surface area is 147 Å². The molecule has 1 aliphatic carbocycles. The van der Waals surface area contributed by atoms with E-state index >= 15 is 0 Å². The lowest BCUT2D eigenvalue weighted by Gasteiger charge is -2.37. The predicted octanol–water partition coefficient (Wildman–Crippen LogP) is 2.05. The van der Waals surface area contributed by atoms with Gasteiger partial charge in [0.25, 0.3) is 0 Å². The van der Waals surface area contributed by atoms with E-state index in [0.717, 1.165) is 31.6 Å². The Morgan fingerprint density at radius 2 is 2.16 bits per heavy atom. The van der Waals surface area contributed by atoms with Gasteiger partial charge in [0.2, 0.25) is 0 Å². The summed E-state index contributed by atoms with van der Waals surface area (Å²) in [6, 6.07) is 4.19. The average Bonchev–Trinajstić information content (AvgIpc) is 3.25. The molecule has 0 aromatic carbocycles. The second-order valence-electron chi connectivity index (χ2n) is 7.28. The number of aromatic nitrogens is 2. The number of esters is 1. The Bertz CT molecular complexity index is 751. The third kappa shape index (κ3) is 3.04. The topological polar surface area (TPSA) is 78.5 Å². The van der Waals surface area contributed by atoms with Gasteiger partial charge in [-0.05, 0) is 62.4 Å². The molecule has 134 valence electrons. The molecule has 0 bridgehead atoms. The van der Waals surface area contributed by atoms with E-state index < -0.39 is 6.10 Å². The van der Waals surface area contributed by atoms with Gasteiger partial charge in [-0.3, -0.25) is 9.69 Å². The van der Waals surface area contributed by atoms with Crippen LogP contribution in [-0.2, 0) is 9.53 Å². The molecule has 25 heavy (non-hydrogen) atoms. The van der Waals surface area contributed by atoms with Crippen molar-refractivity contribution >= 4 is 17.0 Å². The number of hydrogen-bond donors (Lipinski definition) is 2. The van der Waals surface area contributed by atoms with E-state index in [2.05, 4.69) is 27.1 Å². The van der Waals surface area contributed by atoms with Gasteiger partial charge in [-0.2, -0.15) is 0 Å². The van der Waals surface area contributed by atoms with Crippen LogP contribution in [-0.4, -0.2) is 58.3 Å². The fourth-order valence-corrected chi connectivity index (χ4v) is 4.60. The molecule has 0 unspecified atom stereocenters. The zero-order valence-corrected chi connectivity index (χ0v) is 14.5. The van der Waals surface area contributed by atoms with Crippen LogP contribution >= 0.6 is 0 Å². The number of piperidine rings is 1. The van der Waals surface area contributed by atoms with Crippen LogP contribution in [0.4, 0.5) is 0 Å². The molecule has 2 aromatic heterocycles. The normalized spacial score (nSPS) is 28.5. The second-order valence-corrected chi connectivity index (χ2v) is 7.28. The predicted molar refractivity (Wildman–Crippen MR) is 94.2 cm³/mol. The summed E-state index contributed by atoms with van der Waals surface area (Å²) in [4.78, 5) is 21.8. The Morgan fingerprint density at radius 3 is 2.92 bits per heavy atom. The van der Waals surface area contributed by atoms with Crippen LogP contribution in [0, 0.1) is 5.92 Å². The van der Waals surface area contributed by atoms with Crippen molar-refractivity contribution in [1.29, 1.82) is 0 Å². The second kappa shape index (κ2) is 6.77. The van der Waals surface area contributed by atoms with Gasteiger partial charge in [0, 0.05) is 23.8 Å². The minimum atomic E-state index is -0.432. The summed E-state index contributed by atoms with van der Waals surface area (Å²) in [5.41, 5.74) is 2.30. The molecule has 4 rings (SSSR count). The maximum absolute atomic E-state index is 11.8. The lowest BCUT2D eigenvalue weighted by molar-refractivity contribution is -0.145. The number of nitrogens with zero attached hydrogens (tertiary/aromatic N) is 2. The van der Waals surface area contributed by atoms with E-state index in [1.807, 2.05) is 12.3 Å². The molecule has 6 heteroatoms. The van der Waals surface area contributed by atoms with Gasteiger partial charge in [-0.1, -0.05) is 0 Å². The van der Waals surface area contributed by atoms with Crippen molar-refractivity contribution in [1.82, 2.24) is 14.9 Å². The summed E-state index contributed by atoms with van der Waals surface area (Å²) in [5.74, 6) is 0.161. The van der Waals surface area contributed by atoms with E-state index in [0.29, 0.717) is 18.8 Å². The smallest absolute Gasteiger partial charge is 0.308 e. The van der Waals surface area contributed by atoms with E-state index in [4.69, 9.17) is 4.74 Å². The van der Waals surface area contributed by atoms with Crippen LogP contribution < -0.4 is 0 Å². The molecular formula is C19H25N3O3. The fourth-order valence-electron chi connectivity index (χ4n) is 4.60. The van der Waals surface area contributed by atoms with Crippen LogP contribution in [0.3, 0.4) is 0 Å². The molecule has 6 nitrogen and oxygen atoms in total. The van der Waals surface area contributed by atoms with Crippen LogP contribution in [0.1, 0.15) is 37.2 Å². The third-order valence-corrected chi connectivity index (χ3v) is 5.95. The number of rotatable bonds is 3. The number of aromatic amines is 1. The lowest BCUT2D eigenvalue weighted by Crippen LogP contribution is -2.44. The molecule has 1 saturated carbocycles. The molecule has 2 N–H and O–H groups in total. The maximum atomic E-state index is 11.8. The number of ether oxygens (including phenoxy) is 1. The fraction of sp³-hybridized carbons (Fsp3) is 0.579. The first kappa shape index (κ1) is 16.5. The number of H-pyrrole nitrogens is 1. The van der Waals surface area contributed by atoms with Crippen molar-refractivity contribution in [3.8, 4) is 0 Å². The zero-order valence-electron chi connectivity index (χ0n) is 14.5. The molecule has 0 radical (unpaired) electrons. The molecule has 0 amide bonds. The van der Waals surface area contributed by atoms with Crippen LogP contribution in [0.5, 0.6) is 0 Å². The monoisotopic (exact) mass is 343 g/mol. The largest absolute Gasteiger partial charge is 0.469 e. The summed E-state index contributed by atoms with van der Waals surface area (Å²) < 4.78 is 4.85. The number of aliphatic hydroxyl groups excluding tert-OH is 1. The van der Waals surface area contributed by atoms with Gasteiger partial charge in [0.15, 0.2) is 0 Å². The Balaban J connectivity index is 1.41. The Hall–Kier alpha value is -1.92. The molecular weight excluding hydrogens is 318 g/mol. The van der Waals surface area contributed by atoms with E-state index in [1.165, 1.54) is 18.1 Å². The highest BCUT2D eigenvalue weighted by Gasteiger charge is 2.41. The van der Waals surface area contributed by atoms with Crippen molar-refractivity contribution in [3.05, 3.63) is 30.1 Å². The van der Waals surface area contributed by atoms with Crippen molar-refractivity contribution in [2.24, 2.45) is 5.92 Å². The minimum absolute atomic E-state index is 0.0784. The van der Waals surface area contributed by atoms with Crippen molar-refractivity contribution in [2.45, 2.75) is 43.7 Å². The number of carbonyl (C=O) groups excluding carboxylic acids is 1. The number of methoxy groups -OCH3 is 1. The number of nitrogens with one attached hydrogen (secondary N) is 1. The number of pyridine rings is 1. The summed E-state index contributed by atoms with van der Waals surface area (Å²) in [7, 11) is 1.42. The number of aliphatic hydroxyl groups is 1. The van der Waals surface area contributed by atoms with Gasteiger partial charge in [-0.15, -0.1) is 0 Å². The molecule has 1 saturated heterocycles. The van der Waals surface area contributed by atoms with Crippen LogP contribution in [0.15, 0.2) is 24.5 Å². The standard InChI is InChI=1S/C19H25N3O3/c1-25-19(24)13-9-16(17(23)10-13)22-7-4-12(5-8-22)15-11-21-18-14(15)3-2-6-20-18/h2-3,6,11-13,16-17,23H,4-5,7-10H2,1H3,(H,20,21)/t13-,16+,17+/m0/s1. The van der Waals surface area contributed by atoms with E-state index in [-0.39, 0.29) is 17.9 Å². The molecule has 2 aromatic rings. The molecule has 0 spiro atoms. The van der Waals surface area contributed by atoms with E-state index in [9.17, 15) is 9.90 Å². The first-order chi connectivity index (χ1) is 12.2. The summed E-state index contributed by atoms with van der Waals surface area (Å²) in [5, 5.41) is 11.6. The number of carbonyl (C=O) groups is 1. The summed E-state index contributed by atoms with van der Waals surface area (Å²) in [6.45, 7) is 1.90. The summed E-state index contributed by atoms with van der Waals surface area (Å²) in [6.07, 6.45) is 6.82. The van der Waals surface area contributed by atoms with Crippen molar-refractivity contribution in [3.63, 3.8) is 0 Å². The van der Waals surface area contributed by atoms with Crippen molar-refractivity contribution < 1.29 is 14.6 Å². The Morgan fingerprint density at radius 1 is 1.36 bits per heavy atom. The minimum Gasteiger partial charge on any atom is -0.469 e. The van der Waals surface area contributed by atoms with Crippen LogP contribution in [0.25, 0.3) is 11.0 Å². The highest BCUT2D eigenvalue weighted by Crippen LogP contribution is 2.37. The molecule has 3 heterocycles. The first-order valence-corrected chi connectivity index (χ1v) is 9.09. The third-order valence-electron chi connectivity index (χ3n) is 5.95. The summed E-state index contributed by atoms with van der Waals surface area (Å²) >= 11 is 0. The molecule has 3 atom stereocenters. The highest BCUT2D eigenvalue weighted by molar-refractivity contribution is 5.80. The van der Waals surface area contributed by atoms with E-state index in [1.54, 1.807) is 0 Å². The maximum Gasteiger partial charge on any atom is 0.308 e. The highest BCUT2D eigenvalue weighted by atomic mass is 16.5. The average molecular weight is 343 g/mol. The van der Waals surface area contributed by atoms with Gasteiger partial charge in [-0.25, -0.2) is 4.98 Å². The molecule has 1 aliphatic heterocycles. The van der Waals surface area contributed by atoms with Gasteiger partial charge >= 0.3 is 5.97 Å². The molecule has 2 aliphatic rings. The first-order valence-electron chi connectivity index (χ1n) is 9.09. The van der Waals surface area contributed by atoms with Gasteiger partial charge in [0.05, 0.1) is 19.1 Å². The lowest BCUT2D eigenvalue weighted by atomic mass is 9.88. The zero-order chi connectivity index (χ0) is 17.4. The van der Waals surface area contributed by atoms with Gasteiger partial charge in [0.1, 0.15) is 5.65 Å². The number of hydrogen-bond acceptors (Lipinski definition) is 5. The van der Waals surface area contributed by atoms with Crippen LogP contribution in [0.2, 0.25) is 0 Å². The van der Waals surface area contributed by atoms with Gasteiger partial charge < -0.3 is 14.8 Å². The Kier molecular flexibility index (Phi) is 4.48. The SMILES string of the molecule is COC(=O)[C@@H]1C[C@@H](O)[C@H](N2CCC(c3c[nH]c4ncccc34)CC2)C1. The number of fused-ring (bicyclic) bond motifs is 1. The molecule has 2 fully saturated rings. The van der Waals surface area contributed by atoms with Crippen molar-refractivity contribution in [2.75, 3.05) is 20.2 Å².